The molecule has 1 N–H and O–H groups in total. The molecule has 0 aliphatic carbocycles. The van der Waals surface area contributed by atoms with Crippen LogP contribution in [0, 0.1) is 0 Å². The second kappa shape index (κ2) is 7.33. The maximum Gasteiger partial charge on any atom is 0.256 e. The minimum Gasteiger partial charge on any atom is -0.364 e. The molecule has 3 aromatic rings. The summed E-state index contributed by atoms with van der Waals surface area (Å²) in [5, 5.41) is 11.1. The van der Waals surface area contributed by atoms with Gasteiger partial charge in [0.15, 0.2) is 0 Å². The smallest absolute Gasteiger partial charge is 0.256 e. The summed E-state index contributed by atoms with van der Waals surface area (Å²) in [7, 11) is 2.01. The van der Waals surface area contributed by atoms with Crippen LogP contribution in [-0.2, 0) is 6.54 Å². The van der Waals surface area contributed by atoms with Crippen LogP contribution in [0.2, 0.25) is 0 Å². The lowest BCUT2D eigenvalue weighted by molar-refractivity contribution is 0.102. The van der Waals surface area contributed by atoms with E-state index in [2.05, 4.69) is 31.9 Å². The monoisotopic (exact) mass is 343 g/mol. The zero-order chi connectivity index (χ0) is 16.9. The highest BCUT2D eigenvalue weighted by molar-refractivity contribution is 7.10. The van der Waals surface area contributed by atoms with E-state index in [1.54, 1.807) is 12.3 Å². The number of amides is 1. The lowest BCUT2D eigenvalue weighted by atomic mass is 10.1. The molecule has 0 saturated heterocycles. The van der Waals surface area contributed by atoms with Crippen molar-refractivity contribution in [2.75, 3.05) is 12.4 Å². The van der Waals surface area contributed by atoms with Crippen molar-refractivity contribution in [2.45, 2.75) is 19.5 Å². The van der Waals surface area contributed by atoms with Gasteiger partial charge in [-0.3, -0.25) is 9.69 Å². The first-order valence-electron chi connectivity index (χ1n) is 7.41. The first-order valence-corrected chi connectivity index (χ1v) is 8.19. The number of carbonyl (C=O) groups is 1. The van der Waals surface area contributed by atoms with Crippen molar-refractivity contribution < 1.29 is 9.32 Å². The van der Waals surface area contributed by atoms with Crippen LogP contribution >= 0.6 is 11.5 Å². The maximum absolute atomic E-state index is 12.3. The number of anilines is 1. The third-order valence-electron chi connectivity index (χ3n) is 3.77. The Bertz CT molecular complexity index is 789. The molecule has 8 heteroatoms. The number of nitrogens with one attached hydrogen (secondary N) is 1. The van der Waals surface area contributed by atoms with E-state index in [9.17, 15) is 4.79 Å². The average molecular weight is 343 g/mol. The molecule has 24 heavy (non-hydrogen) atoms. The predicted molar refractivity (Wildman–Crippen MR) is 90.7 cm³/mol. The molecule has 0 radical (unpaired) electrons. The quantitative estimate of drug-likeness (QED) is 0.741. The zero-order valence-electron chi connectivity index (χ0n) is 13.3. The van der Waals surface area contributed by atoms with Crippen molar-refractivity contribution in [1.82, 2.24) is 19.6 Å². The van der Waals surface area contributed by atoms with Gasteiger partial charge in [-0.05, 0) is 31.7 Å². The highest BCUT2D eigenvalue weighted by atomic mass is 32.1. The van der Waals surface area contributed by atoms with Crippen molar-refractivity contribution in [3.8, 4) is 0 Å². The van der Waals surface area contributed by atoms with E-state index in [-0.39, 0.29) is 11.9 Å². The summed E-state index contributed by atoms with van der Waals surface area (Å²) < 4.78 is 8.62. The summed E-state index contributed by atoms with van der Waals surface area (Å²) in [4.78, 5) is 14.4. The molecule has 1 amide bonds. The molecule has 0 saturated carbocycles. The number of rotatable bonds is 6. The van der Waals surface area contributed by atoms with E-state index >= 15 is 0 Å². The number of hydrogen-bond acceptors (Lipinski definition) is 7. The Balaban J connectivity index is 1.67. The van der Waals surface area contributed by atoms with Crippen molar-refractivity contribution in [3.05, 3.63) is 59.6 Å². The number of carbonyl (C=O) groups excluding carboxylic acids is 1. The van der Waals surface area contributed by atoms with Crippen molar-refractivity contribution in [1.29, 1.82) is 0 Å². The van der Waals surface area contributed by atoms with Crippen molar-refractivity contribution in [3.63, 3.8) is 0 Å². The predicted octanol–water partition coefficient (Wildman–Crippen LogP) is 2.97. The van der Waals surface area contributed by atoms with Crippen LogP contribution in [0.15, 0.2) is 47.3 Å². The number of benzene rings is 1. The zero-order valence-corrected chi connectivity index (χ0v) is 14.2. The molecular weight excluding hydrogens is 326 g/mol. The topological polar surface area (TPSA) is 84.2 Å². The van der Waals surface area contributed by atoms with E-state index in [1.165, 1.54) is 6.20 Å². The van der Waals surface area contributed by atoms with Gasteiger partial charge in [-0.2, -0.15) is 0 Å². The highest BCUT2D eigenvalue weighted by Crippen LogP contribution is 2.20. The Kier molecular flexibility index (Phi) is 4.97. The van der Waals surface area contributed by atoms with Crippen LogP contribution in [0.4, 0.5) is 5.00 Å². The Labute approximate surface area is 143 Å². The number of hydrogen-bond donors (Lipinski definition) is 1. The molecule has 1 atom stereocenters. The summed E-state index contributed by atoms with van der Waals surface area (Å²) in [6.45, 7) is 2.75. The minimum absolute atomic E-state index is 0.115. The molecule has 0 fully saturated rings. The summed E-state index contributed by atoms with van der Waals surface area (Å²) in [5.74, 6) is -0.171. The van der Waals surface area contributed by atoms with E-state index in [4.69, 9.17) is 4.52 Å². The van der Waals surface area contributed by atoms with Crippen LogP contribution < -0.4 is 5.32 Å². The van der Waals surface area contributed by atoms with E-state index < -0.39 is 0 Å². The van der Waals surface area contributed by atoms with Crippen molar-refractivity contribution >= 4 is 22.4 Å². The Morgan fingerprint density at radius 2 is 2.29 bits per heavy atom. The van der Waals surface area contributed by atoms with Gasteiger partial charge in [0.25, 0.3) is 5.91 Å². The molecule has 7 nitrogen and oxygen atoms in total. The fourth-order valence-electron chi connectivity index (χ4n) is 2.31. The van der Waals surface area contributed by atoms with Crippen LogP contribution in [0.5, 0.6) is 0 Å². The van der Waals surface area contributed by atoms with Gasteiger partial charge in [-0.15, -0.1) is 5.10 Å². The third kappa shape index (κ3) is 3.84. The van der Waals surface area contributed by atoms with Gasteiger partial charge in [0, 0.05) is 29.7 Å². The molecule has 1 aromatic carbocycles. The van der Waals surface area contributed by atoms with Gasteiger partial charge >= 0.3 is 0 Å². The Hall–Kier alpha value is -2.58. The summed E-state index contributed by atoms with van der Waals surface area (Å²) in [6, 6.07) is 9.52. The van der Waals surface area contributed by atoms with Crippen molar-refractivity contribution in [2.24, 2.45) is 0 Å². The SMILES string of the molecule is CC(c1ccon1)N(C)Cc1cccc(C(=O)Nc2cnns2)c1. The van der Waals surface area contributed by atoms with Gasteiger partial charge in [-0.25, -0.2) is 0 Å². The largest absolute Gasteiger partial charge is 0.364 e. The van der Waals surface area contributed by atoms with Crippen LogP contribution in [0.25, 0.3) is 0 Å². The van der Waals surface area contributed by atoms with Gasteiger partial charge in [-0.1, -0.05) is 21.8 Å². The standard InChI is InChI=1S/C16H17N5O2S/c1-11(14-6-7-23-19-14)21(2)10-12-4-3-5-13(8-12)16(22)18-15-9-17-20-24-15/h3-9,11H,10H2,1-2H3,(H,18,22). The van der Waals surface area contributed by atoms with Crippen LogP contribution in [0.1, 0.15) is 34.6 Å². The number of nitrogens with zero attached hydrogens (tertiary/aromatic N) is 4. The first-order chi connectivity index (χ1) is 11.6. The normalized spacial score (nSPS) is 12.3. The lowest BCUT2D eigenvalue weighted by Gasteiger charge is -2.23. The van der Waals surface area contributed by atoms with Crippen LogP contribution in [-0.4, -0.2) is 32.6 Å². The lowest BCUT2D eigenvalue weighted by Crippen LogP contribution is -2.22. The summed E-state index contributed by atoms with van der Waals surface area (Å²) in [6.07, 6.45) is 3.10. The fraction of sp³-hybridized carbons (Fsp3) is 0.250. The highest BCUT2D eigenvalue weighted by Gasteiger charge is 2.15. The van der Waals surface area contributed by atoms with Gasteiger partial charge in [0.1, 0.15) is 17.0 Å². The van der Waals surface area contributed by atoms with E-state index in [1.807, 2.05) is 31.3 Å². The molecule has 0 spiro atoms. The molecule has 0 bridgehead atoms. The van der Waals surface area contributed by atoms with Gasteiger partial charge < -0.3 is 9.84 Å². The molecule has 3 rings (SSSR count). The van der Waals surface area contributed by atoms with E-state index in [0.29, 0.717) is 17.1 Å². The Morgan fingerprint density at radius 3 is 3.00 bits per heavy atom. The minimum atomic E-state index is -0.171. The van der Waals surface area contributed by atoms with Gasteiger partial charge in [0.05, 0.1) is 12.2 Å². The third-order valence-corrected chi connectivity index (χ3v) is 4.35. The molecular formula is C16H17N5O2S. The molecule has 0 aliphatic rings. The second-order valence-corrected chi connectivity index (χ2v) is 6.24. The molecule has 2 aromatic heterocycles. The molecule has 124 valence electrons. The summed E-state index contributed by atoms with van der Waals surface area (Å²) in [5.41, 5.74) is 2.52. The first kappa shape index (κ1) is 16.3. The fourth-order valence-corrected chi connectivity index (χ4v) is 2.72. The average Bonchev–Trinajstić information content (AvgIpc) is 3.28. The van der Waals surface area contributed by atoms with E-state index in [0.717, 1.165) is 22.8 Å². The molecule has 0 aliphatic heterocycles. The maximum atomic E-state index is 12.3. The second-order valence-electron chi connectivity index (χ2n) is 5.45. The van der Waals surface area contributed by atoms with Gasteiger partial charge in [0.2, 0.25) is 0 Å². The Morgan fingerprint density at radius 1 is 1.42 bits per heavy atom. The molecule has 2 heterocycles. The number of aromatic nitrogens is 3. The van der Waals surface area contributed by atoms with Crippen LogP contribution in [0.3, 0.4) is 0 Å². The molecule has 1 unspecified atom stereocenters. The summed E-state index contributed by atoms with van der Waals surface area (Å²) >= 11 is 1.15.